The minimum absolute atomic E-state index is 0.211. The van der Waals surface area contributed by atoms with Crippen LogP contribution in [-0.2, 0) is 18.3 Å². The Morgan fingerprint density at radius 3 is 2.10 bits per heavy atom. The third-order valence-electron chi connectivity index (χ3n) is 4.45. The number of hydrogen-bond donors (Lipinski definition) is 0. The number of ether oxygens (including phenoxy) is 2. The van der Waals surface area contributed by atoms with Gasteiger partial charge in [0.25, 0.3) is 0 Å². The molecule has 126 valence electrons. The molecule has 1 fully saturated rings. The van der Waals surface area contributed by atoms with Gasteiger partial charge in [0, 0.05) is 25.2 Å². The highest BCUT2D eigenvalue weighted by molar-refractivity contribution is 6.66. The second kappa shape index (κ2) is 9.25. The van der Waals surface area contributed by atoms with E-state index in [1.165, 1.54) is 0 Å². The molecular weight excluding hydrogens is 284 g/mol. The monoisotopic (exact) mass is 318 g/mol. The van der Waals surface area contributed by atoms with E-state index < -0.39 is 8.56 Å². The highest BCUT2D eigenvalue weighted by Gasteiger charge is 2.46. The van der Waals surface area contributed by atoms with E-state index in [9.17, 15) is 0 Å². The van der Waals surface area contributed by atoms with Gasteiger partial charge in [-0.05, 0) is 45.7 Å². The summed E-state index contributed by atoms with van der Waals surface area (Å²) in [7, 11) is -2.05. The zero-order valence-electron chi connectivity index (χ0n) is 14.6. The Hall–Kier alpha value is 0.0569. The normalized spacial score (nSPS) is 19.3. The lowest BCUT2D eigenvalue weighted by Gasteiger charge is -2.47. The van der Waals surface area contributed by atoms with Gasteiger partial charge in [-0.25, -0.2) is 0 Å². The summed E-state index contributed by atoms with van der Waals surface area (Å²) in [6.07, 6.45) is 3.45. The molecule has 1 rings (SSSR count). The maximum absolute atomic E-state index is 6.17. The molecule has 0 saturated carbocycles. The summed E-state index contributed by atoms with van der Waals surface area (Å²) in [5.74, 6) is 0. The first-order valence-corrected chi connectivity index (χ1v) is 11.1. The number of rotatable bonds is 12. The predicted octanol–water partition coefficient (Wildman–Crippen LogP) is 3.74. The minimum Gasteiger partial charge on any atom is -0.395 e. The Morgan fingerprint density at radius 1 is 1.10 bits per heavy atom. The minimum atomic E-state index is -2.05. The van der Waals surface area contributed by atoms with Crippen LogP contribution in [0.25, 0.3) is 0 Å². The van der Waals surface area contributed by atoms with E-state index in [0.29, 0.717) is 0 Å². The molecule has 0 aromatic carbocycles. The van der Waals surface area contributed by atoms with E-state index >= 15 is 0 Å². The summed E-state index contributed by atoms with van der Waals surface area (Å²) in [6.45, 7) is 14.6. The summed E-state index contributed by atoms with van der Waals surface area (Å²) in [5, 5.41) is 0. The van der Waals surface area contributed by atoms with E-state index in [0.717, 1.165) is 58.3 Å². The van der Waals surface area contributed by atoms with Gasteiger partial charge in [-0.15, -0.1) is 0 Å². The second-order valence-corrected chi connectivity index (χ2v) is 9.45. The van der Waals surface area contributed by atoms with Gasteiger partial charge in [0.05, 0.1) is 19.3 Å². The van der Waals surface area contributed by atoms with Gasteiger partial charge in [-0.2, -0.15) is 0 Å². The molecule has 1 saturated heterocycles. The third-order valence-corrected chi connectivity index (χ3v) is 7.44. The molecule has 0 radical (unpaired) electrons. The molecule has 0 aromatic heterocycles. The molecule has 1 aliphatic heterocycles. The van der Waals surface area contributed by atoms with Gasteiger partial charge in [0.2, 0.25) is 0 Å². The molecule has 1 unspecified atom stereocenters. The Morgan fingerprint density at radius 2 is 1.71 bits per heavy atom. The molecule has 0 spiro atoms. The fourth-order valence-electron chi connectivity index (χ4n) is 3.00. The molecule has 1 atom stereocenters. The molecule has 5 heteroatoms. The second-order valence-electron chi connectivity index (χ2n) is 6.11. The largest absolute Gasteiger partial charge is 0.395 e. The lowest BCUT2D eigenvalue weighted by molar-refractivity contribution is -0.190. The first kappa shape index (κ1) is 19.1. The summed E-state index contributed by atoms with van der Waals surface area (Å²) >= 11 is 0. The van der Waals surface area contributed by atoms with Gasteiger partial charge in [0.15, 0.2) is 0 Å². The van der Waals surface area contributed by atoms with Crippen LogP contribution in [0.3, 0.4) is 0 Å². The van der Waals surface area contributed by atoms with Crippen LogP contribution in [-0.4, -0.2) is 47.7 Å². The SMILES string of the molecule is CCCOC(CC[Si](C)(OCC)OCC)C1(CC)COC1. The highest BCUT2D eigenvalue weighted by Crippen LogP contribution is 2.39. The molecule has 0 bridgehead atoms. The molecule has 1 aliphatic rings. The lowest BCUT2D eigenvalue weighted by atomic mass is 9.76. The quantitative estimate of drug-likeness (QED) is 0.514. The summed E-state index contributed by atoms with van der Waals surface area (Å²) in [4.78, 5) is 0. The van der Waals surface area contributed by atoms with Crippen molar-refractivity contribution in [3.8, 4) is 0 Å². The van der Waals surface area contributed by atoms with Crippen molar-refractivity contribution in [3.05, 3.63) is 0 Å². The van der Waals surface area contributed by atoms with Crippen LogP contribution < -0.4 is 0 Å². The van der Waals surface area contributed by atoms with Crippen LogP contribution >= 0.6 is 0 Å². The van der Waals surface area contributed by atoms with Crippen LogP contribution in [0.1, 0.15) is 47.0 Å². The predicted molar refractivity (Wildman–Crippen MR) is 87.9 cm³/mol. The Bertz CT molecular complexity index is 270. The fourth-order valence-corrected chi connectivity index (χ4v) is 5.38. The average Bonchev–Trinajstić information content (AvgIpc) is 2.41. The number of hydrogen-bond acceptors (Lipinski definition) is 4. The first-order valence-electron chi connectivity index (χ1n) is 8.53. The average molecular weight is 319 g/mol. The van der Waals surface area contributed by atoms with E-state index in [4.69, 9.17) is 18.3 Å². The van der Waals surface area contributed by atoms with Crippen LogP contribution in [0.15, 0.2) is 0 Å². The first-order chi connectivity index (χ1) is 10.1. The van der Waals surface area contributed by atoms with E-state index in [1.807, 2.05) is 13.8 Å². The van der Waals surface area contributed by atoms with Crippen molar-refractivity contribution in [2.24, 2.45) is 5.41 Å². The van der Waals surface area contributed by atoms with Crippen molar-refractivity contribution in [2.45, 2.75) is 65.7 Å². The topological polar surface area (TPSA) is 36.9 Å². The van der Waals surface area contributed by atoms with Gasteiger partial charge < -0.3 is 18.3 Å². The maximum atomic E-state index is 6.17. The maximum Gasteiger partial charge on any atom is 0.335 e. The van der Waals surface area contributed by atoms with Crippen LogP contribution in [0, 0.1) is 5.41 Å². The van der Waals surface area contributed by atoms with Gasteiger partial charge in [-0.1, -0.05) is 13.8 Å². The highest BCUT2D eigenvalue weighted by atomic mass is 28.4. The van der Waals surface area contributed by atoms with Gasteiger partial charge >= 0.3 is 8.56 Å². The Labute approximate surface area is 131 Å². The van der Waals surface area contributed by atoms with E-state index in [1.54, 1.807) is 0 Å². The van der Waals surface area contributed by atoms with Crippen LogP contribution in [0.5, 0.6) is 0 Å². The fraction of sp³-hybridized carbons (Fsp3) is 1.00. The molecular formula is C16H34O4Si. The van der Waals surface area contributed by atoms with Crippen molar-refractivity contribution in [1.82, 2.24) is 0 Å². The summed E-state index contributed by atoms with van der Waals surface area (Å²) < 4.78 is 23.6. The van der Waals surface area contributed by atoms with Crippen molar-refractivity contribution in [1.29, 1.82) is 0 Å². The molecule has 0 aliphatic carbocycles. The Kier molecular flexibility index (Phi) is 8.42. The third kappa shape index (κ3) is 5.32. The molecule has 0 N–H and O–H groups in total. The summed E-state index contributed by atoms with van der Waals surface area (Å²) in [5.41, 5.74) is 0.211. The standard InChI is InChI=1S/C16H34O4Si/c1-6-11-18-15(16(7-2)13-17-14-16)10-12-21(5,19-8-3)20-9-4/h15H,6-14H2,1-5H3. The smallest absolute Gasteiger partial charge is 0.335 e. The van der Waals surface area contributed by atoms with Crippen LogP contribution in [0.4, 0.5) is 0 Å². The van der Waals surface area contributed by atoms with Crippen LogP contribution in [0.2, 0.25) is 12.6 Å². The molecule has 21 heavy (non-hydrogen) atoms. The molecule has 4 nitrogen and oxygen atoms in total. The van der Waals surface area contributed by atoms with E-state index in [-0.39, 0.29) is 11.5 Å². The van der Waals surface area contributed by atoms with Gasteiger partial charge in [-0.3, -0.25) is 0 Å². The molecule has 1 heterocycles. The molecule has 0 aromatic rings. The summed E-state index contributed by atoms with van der Waals surface area (Å²) in [6, 6.07) is 0.991. The zero-order valence-corrected chi connectivity index (χ0v) is 15.6. The van der Waals surface area contributed by atoms with Crippen molar-refractivity contribution < 1.29 is 18.3 Å². The van der Waals surface area contributed by atoms with Crippen molar-refractivity contribution in [3.63, 3.8) is 0 Å². The van der Waals surface area contributed by atoms with E-state index in [2.05, 4.69) is 20.4 Å². The lowest BCUT2D eigenvalue weighted by Crippen LogP contribution is -2.53. The molecule has 0 amide bonds. The van der Waals surface area contributed by atoms with Crippen molar-refractivity contribution in [2.75, 3.05) is 33.0 Å². The van der Waals surface area contributed by atoms with Crippen molar-refractivity contribution >= 4 is 8.56 Å². The van der Waals surface area contributed by atoms with Gasteiger partial charge in [0.1, 0.15) is 0 Å². The zero-order chi connectivity index (χ0) is 15.8. The Balaban J connectivity index is 2.62.